The van der Waals surface area contributed by atoms with E-state index in [1.54, 1.807) is 0 Å². The molecule has 0 bridgehead atoms. The molecule has 5 heteroatoms. The Hall–Kier alpha value is -2.08. The Balaban J connectivity index is 1.18. The second-order valence-corrected chi connectivity index (χ2v) is 10.3. The van der Waals surface area contributed by atoms with Crippen LogP contribution in [0.3, 0.4) is 0 Å². The number of hydrogen-bond donors (Lipinski definition) is 1. The highest BCUT2D eigenvalue weighted by Gasteiger charge is 2.33. The van der Waals surface area contributed by atoms with Crippen molar-refractivity contribution < 1.29 is 14.6 Å². The molecule has 2 aromatic rings. The minimum absolute atomic E-state index is 0.353. The Morgan fingerprint density at radius 2 is 1.68 bits per heavy atom. The Bertz CT molecular complexity index is 902. The number of piperidine rings is 2. The fourth-order valence-corrected chi connectivity index (χ4v) is 5.10. The number of benzene rings is 2. The number of likely N-dealkylation sites (tertiary alicyclic amines) is 2. The highest BCUT2D eigenvalue weighted by molar-refractivity contribution is 5.35. The molecule has 2 aromatic carbocycles. The minimum atomic E-state index is -0.757. The molecule has 2 fully saturated rings. The summed E-state index contributed by atoms with van der Waals surface area (Å²) in [6.07, 6.45) is 6.61. The maximum absolute atomic E-state index is 11.0. The molecule has 4 rings (SSSR count). The third-order valence-electron chi connectivity index (χ3n) is 7.25. The van der Waals surface area contributed by atoms with E-state index in [9.17, 15) is 5.11 Å². The molecule has 0 radical (unpaired) electrons. The smallest absolute Gasteiger partial charge is 0.122 e. The Labute approximate surface area is 205 Å². The molecule has 0 unspecified atom stereocenters. The summed E-state index contributed by atoms with van der Waals surface area (Å²) in [4.78, 5) is 4.98. The third-order valence-corrected chi connectivity index (χ3v) is 7.25. The lowest BCUT2D eigenvalue weighted by molar-refractivity contribution is -0.0538. The van der Waals surface area contributed by atoms with Gasteiger partial charge in [-0.25, -0.2) is 0 Å². The van der Waals surface area contributed by atoms with Crippen molar-refractivity contribution in [3.63, 3.8) is 0 Å². The lowest BCUT2D eigenvalue weighted by atomic mass is 9.92. The van der Waals surface area contributed by atoms with Gasteiger partial charge in [0.2, 0.25) is 0 Å². The van der Waals surface area contributed by atoms with E-state index in [0.717, 1.165) is 69.1 Å². The molecule has 2 aliphatic rings. The Morgan fingerprint density at radius 3 is 2.44 bits per heavy atom. The van der Waals surface area contributed by atoms with Crippen LogP contribution in [0.4, 0.5) is 0 Å². The topological polar surface area (TPSA) is 45.2 Å². The predicted molar refractivity (Wildman–Crippen MR) is 138 cm³/mol. The zero-order valence-corrected chi connectivity index (χ0v) is 21.1. The summed E-state index contributed by atoms with van der Waals surface area (Å²) in [7, 11) is 0. The number of aliphatic hydroxyl groups is 1. The van der Waals surface area contributed by atoms with Gasteiger partial charge >= 0.3 is 0 Å². The molecule has 2 aliphatic heterocycles. The molecule has 2 heterocycles. The van der Waals surface area contributed by atoms with Gasteiger partial charge in [-0.05, 0) is 88.4 Å². The van der Waals surface area contributed by atoms with Crippen molar-refractivity contribution in [2.75, 3.05) is 45.9 Å². The van der Waals surface area contributed by atoms with Gasteiger partial charge in [0.1, 0.15) is 23.7 Å². The summed E-state index contributed by atoms with van der Waals surface area (Å²) in [6.45, 7) is 11.5. The molecule has 0 aromatic heterocycles. The first-order chi connectivity index (χ1) is 16.5. The lowest BCUT2D eigenvalue weighted by Gasteiger charge is -2.38. The van der Waals surface area contributed by atoms with Crippen LogP contribution in [0, 0.1) is 13.8 Å². The van der Waals surface area contributed by atoms with E-state index in [1.165, 1.54) is 43.5 Å². The van der Waals surface area contributed by atoms with Gasteiger partial charge in [0.25, 0.3) is 0 Å². The van der Waals surface area contributed by atoms with Gasteiger partial charge in [-0.3, -0.25) is 4.90 Å². The Kier molecular flexibility index (Phi) is 8.87. The van der Waals surface area contributed by atoms with Crippen molar-refractivity contribution in [2.45, 2.75) is 64.5 Å². The van der Waals surface area contributed by atoms with E-state index in [4.69, 9.17) is 9.47 Å². The van der Waals surface area contributed by atoms with Crippen molar-refractivity contribution in [2.24, 2.45) is 0 Å². The van der Waals surface area contributed by atoms with E-state index in [2.05, 4.69) is 60.0 Å². The Morgan fingerprint density at radius 1 is 0.882 bits per heavy atom. The quantitative estimate of drug-likeness (QED) is 0.501. The maximum atomic E-state index is 11.0. The fraction of sp³-hybridized carbons (Fsp3) is 0.586. The molecule has 0 saturated carbocycles. The van der Waals surface area contributed by atoms with E-state index in [0.29, 0.717) is 6.61 Å². The van der Waals surface area contributed by atoms with Gasteiger partial charge in [-0.2, -0.15) is 0 Å². The van der Waals surface area contributed by atoms with Crippen molar-refractivity contribution in [1.29, 1.82) is 0 Å². The number of ether oxygens (including phenoxy) is 2. The van der Waals surface area contributed by atoms with E-state index in [-0.39, 0.29) is 0 Å². The van der Waals surface area contributed by atoms with E-state index >= 15 is 0 Å². The molecule has 186 valence electrons. The van der Waals surface area contributed by atoms with Crippen molar-refractivity contribution in [3.8, 4) is 11.5 Å². The summed E-state index contributed by atoms with van der Waals surface area (Å²) >= 11 is 0. The maximum Gasteiger partial charge on any atom is 0.122 e. The van der Waals surface area contributed by atoms with Crippen molar-refractivity contribution in [3.05, 3.63) is 59.2 Å². The minimum Gasteiger partial charge on any atom is -0.494 e. The van der Waals surface area contributed by atoms with E-state index in [1.807, 2.05) is 6.07 Å². The molecule has 34 heavy (non-hydrogen) atoms. The molecule has 0 spiro atoms. The van der Waals surface area contributed by atoms with Crippen LogP contribution in [0.15, 0.2) is 42.5 Å². The second kappa shape index (κ2) is 12.1. The fourth-order valence-electron chi connectivity index (χ4n) is 5.10. The average Bonchev–Trinajstić information content (AvgIpc) is 2.84. The van der Waals surface area contributed by atoms with Gasteiger partial charge in [-0.15, -0.1) is 0 Å². The van der Waals surface area contributed by atoms with Gasteiger partial charge in [0.15, 0.2) is 0 Å². The largest absolute Gasteiger partial charge is 0.494 e. The van der Waals surface area contributed by atoms with E-state index < -0.39 is 5.60 Å². The molecule has 0 amide bonds. The molecular formula is C29H42N2O3. The van der Waals surface area contributed by atoms with Crippen LogP contribution >= 0.6 is 0 Å². The zero-order valence-electron chi connectivity index (χ0n) is 21.1. The number of aryl methyl sites for hydroxylation is 2. The second-order valence-electron chi connectivity index (χ2n) is 10.3. The molecule has 0 aliphatic carbocycles. The summed E-state index contributed by atoms with van der Waals surface area (Å²) in [5.74, 6) is 1.83. The van der Waals surface area contributed by atoms with Gasteiger partial charge in [-0.1, -0.05) is 36.2 Å². The first-order valence-electron chi connectivity index (χ1n) is 13.1. The van der Waals surface area contributed by atoms with Crippen LogP contribution in [0.1, 0.15) is 55.2 Å². The van der Waals surface area contributed by atoms with Crippen LogP contribution < -0.4 is 9.47 Å². The summed E-state index contributed by atoms with van der Waals surface area (Å²) in [6, 6.07) is 14.7. The number of rotatable bonds is 10. The van der Waals surface area contributed by atoms with Crippen molar-refractivity contribution in [1.82, 2.24) is 9.80 Å². The zero-order chi connectivity index (χ0) is 23.8. The number of hydrogen-bond acceptors (Lipinski definition) is 5. The predicted octanol–water partition coefficient (Wildman–Crippen LogP) is 4.96. The van der Waals surface area contributed by atoms with Crippen LogP contribution in [-0.2, 0) is 6.54 Å². The highest BCUT2D eigenvalue weighted by Crippen LogP contribution is 2.27. The monoisotopic (exact) mass is 466 g/mol. The highest BCUT2D eigenvalue weighted by atomic mass is 16.5. The standard InChI is InChI=1S/C29H42N2O3/c1-24-10-11-28(25(2)20-24)34-23-29(32)12-17-31(18-13-29)22-26-8-6-9-27(21-26)33-19-7-16-30-14-4-3-5-15-30/h6,8-11,20-21,32H,3-5,7,12-19,22-23H2,1-2H3. The molecular weight excluding hydrogens is 424 g/mol. The van der Waals surface area contributed by atoms with Gasteiger partial charge < -0.3 is 19.5 Å². The molecule has 2 saturated heterocycles. The summed E-state index contributed by atoms with van der Waals surface area (Å²) < 4.78 is 12.1. The molecule has 0 atom stereocenters. The average molecular weight is 467 g/mol. The van der Waals surface area contributed by atoms with Crippen LogP contribution in [-0.4, -0.2) is 66.4 Å². The molecule has 1 N–H and O–H groups in total. The van der Waals surface area contributed by atoms with Crippen LogP contribution in [0.2, 0.25) is 0 Å². The SMILES string of the molecule is Cc1ccc(OCC2(O)CCN(Cc3cccc(OCCCN4CCCCC4)c3)CC2)c(C)c1. The molecule has 5 nitrogen and oxygen atoms in total. The van der Waals surface area contributed by atoms with Crippen LogP contribution in [0.5, 0.6) is 11.5 Å². The van der Waals surface area contributed by atoms with Crippen LogP contribution in [0.25, 0.3) is 0 Å². The third kappa shape index (κ3) is 7.46. The first-order valence-corrected chi connectivity index (χ1v) is 13.1. The van der Waals surface area contributed by atoms with Gasteiger partial charge in [0.05, 0.1) is 6.61 Å². The first kappa shape index (κ1) is 25.0. The summed E-state index contributed by atoms with van der Waals surface area (Å²) in [5, 5.41) is 11.0. The lowest BCUT2D eigenvalue weighted by Crippen LogP contribution is -2.47. The van der Waals surface area contributed by atoms with Gasteiger partial charge in [0, 0.05) is 26.2 Å². The summed E-state index contributed by atoms with van der Waals surface area (Å²) in [5.41, 5.74) is 2.86. The number of nitrogens with zero attached hydrogens (tertiary/aromatic N) is 2. The normalized spacial score (nSPS) is 19.1. The van der Waals surface area contributed by atoms with Crippen molar-refractivity contribution >= 4 is 0 Å².